The van der Waals surface area contributed by atoms with Crippen LogP contribution in [0.5, 0.6) is 0 Å². The first-order valence-corrected chi connectivity index (χ1v) is 7.60. The van der Waals surface area contributed by atoms with Crippen molar-refractivity contribution in [1.82, 2.24) is 9.88 Å². The summed E-state index contributed by atoms with van der Waals surface area (Å²) in [6, 6.07) is 5.72. The molecule has 2 aromatic rings. The zero-order valence-corrected chi connectivity index (χ0v) is 12.4. The molecule has 3 N–H and O–H groups in total. The van der Waals surface area contributed by atoms with E-state index in [9.17, 15) is 8.42 Å². The SMILES string of the molecule is Cc1noc(C)c1C(C)NS(=O)(=O)c1cccc(N)c1. The molecule has 0 amide bonds. The molecule has 0 aliphatic rings. The van der Waals surface area contributed by atoms with Crippen molar-refractivity contribution in [1.29, 1.82) is 0 Å². The minimum Gasteiger partial charge on any atom is -0.399 e. The molecule has 0 bridgehead atoms. The van der Waals surface area contributed by atoms with Crippen LogP contribution in [0.3, 0.4) is 0 Å². The van der Waals surface area contributed by atoms with Gasteiger partial charge >= 0.3 is 0 Å². The van der Waals surface area contributed by atoms with Crippen molar-refractivity contribution in [2.45, 2.75) is 31.7 Å². The summed E-state index contributed by atoms with van der Waals surface area (Å²) < 4.78 is 32.2. The molecular weight excluding hydrogens is 278 g/mol. The Hall–Kier alpha value is -1.86. The van der Waals surface area contributed by atoms with Crippen molar-refractivity contribution in [2.75, 3.05) is 5.73 Å². The third-order valence-corrected chi connectivity index (χ3v) is 4.56. The van der Waals surface area contributed by atoms with E-state index in [1.165, 1.54) is 12.1 Å². The van der Waals surface area contributed by atoms with E-state index in [4.69, 9.17) is 10.3 Å². The summed E-state index contributed by atoms with van der Waals surface area (Å²) in [4.78, 5) is 0.135. The van der Waals surface area contributed by atoms with E-state index >= 15 is 0 Å². The third-order valence-electron chi connectivity index (χ3n) is 3.02. The van der Waals surface area contributed by atoms with Gasteiger partial charge in [-0.1, -0.05) is 11.2 Å². The minimum absolute atomic E-state index is 0.135. The van der Waals surface area contributed by atoms with Crippen molar-refractivity contribution < 1.29 is 12.9 Å². The Balaban J connectivity index is 2.29. The Morgan fingerprint density at radius 2 is 2.05 bits per heavy atom. The lowest BCUT2D eigenvalue weighted by Gasteiger charge is -2.14. The summed E-state index contributed by atoms with van der Waals surface area (Å²) in [6.07, 6.45) is 0. The molecule has 0 fully saturated rings. The van der Waals surface area contributed by atoms with Crippen LogP contribution in [0.25, 0.3) is 0 Å². The highest BCUT2D eigenvalue weighted by Crippen LogP contribution is 2.23. The van der Waals surface area contributed by atoms with Gasteiger partial charge in [0, 0.05) is 17.3 Å². The number of rotatable bonds is 4. The number of hydrogen-bond donors (Lipinski definition) is 2. The number of benzene rings is 1. The van der Waals surface area contributed by atoms with Crippen molar-refractivity contribution in [3.8, 4) is 0 Å². The maximum absolute atomic E-state index is 12.3. The summed E-state index contributed by atoms with van der Waals surface area (Å²) in [6.45, 7) is 5.27. The molecule has 108 valence electrons. The molecule has 6 nitrogen and oxygen atoms in total. The molecule has 20 heavy (non-hydrogen) atoms. The summed E-state index contributed by atoms with van der Waals surface area (Å²) in [5, 5.41) is 3.82. The van der Waals surface area contributed by atoms with Crippen molar-refractivity contribution in [3.63, 3.8) is 0 Å². The van der Waals surface area contributed by atoms with Crippen LogP contribution in [0.15, 0.2) is 33.7 Å². The molecule has 0 aliphatic heterocycles. The second-order valence-electron chi connectivity index (χ2n) is 4.65. The number of nitrogens with two attached hydrogens (primary N) is 1. The molecule has 0 aliphatic carbocycles. The van der Waals surface area contributed by atoms with Gasteiger partial charge in [-0.15, -0.1) is 0 Å². The van der Waals surface area contributed by atoms with Crippen molar-refractivity contribution in [2.24, 2.45) is 0 Å². The van der Waals surface area contributed by atoms with Crippen LogP contribution < -0.4 is 10.5 Å². The highest BCUT2D eigenvalue weighted by atomic mass is 32.2. The lowest BCUT2D eigenvalue weighted by atomic mass is 10.1. The molecular formula is C13H17N3O3S. The molecule has 1 unspecified atom stereocenters. The molecule has 1 atom stereocenters. The topological polar surface area (TPSA) is 98.2 Å². The Kier molecular flexibility index (Phi) is 3.82. The van der Waals surface area contributed by atoms with Gasteiger partial charge in [0.05, 0.1) is 10.6 Å². The lowest BCUT2D eigenvalue weighted by molar-refractivity contribution is 0.391. The number of aryl methyl sites for hydroxylation is 2. The zero-order chi connectivity index (χ0) is 14.9. The maximum Gasteiger partial charge on any atom is 0.241 e. The Labute approximate surface area is 118 Å². The molecule has 0 saturated heterocycles. The van der Waals surface area contributed by atoms with Crippen molar-refractivity contribution >= 4 is 15.7 Å². The van der Waals surface area contributed by atoms with E-state index in [0.717, 1.165) is 5.56 Å². The monoisotopic (exact) mass is 295 g/mol. The largest absolute Gasteiger partial charge is 0.399 e. The Morgan fingerprint density at radius 3 is 2.60 bits per heavy atom. The van der Waals surface area contributed by atoms with E-state index in [-0.39, 0.29) is 4.90 Å². The van der Waals surface area contributed by atoms with E-state index in [2.05, 4.69) is 9.88 Å². The molecule has 0 saturated carbocycles. The number of sulfonamides is 1. The fourth-order valence-electron chi connectivity index (χ4n) is 2.15. The molecule has 1 aromatic heterocycles. The van der Waals surface area contributed by atoms with E-state index in [0.29, 0.717) is 17.1 Å². The molecule has 1 heterocycles. The number of nitrogens with zero attached hydrogens (tertiary/aromatic N) is 1. The number of aromatic nitrogens is 1. The third kappa shape index (κ3) is 2.83. The van der Waals surface area contributed by atoms with Crippen LogP contribution in [-0.4, -0.2) is 13.6 Å². The summed E-state index contributed by atoms with van der Waals surface area (Å²) in [7, 11) is -3.64. The standard InChI is InChI=1S/C13H17N3O3S/c1-8-13(10(3)19-15-8)9(2)16-20(17,18)12-6-4-5-11(14)7-12/h4-7,9,16H,14H2,1-3H3. The van der Waals surface area contributed by atoms with Gasteiger partial charge in [0.15, 0.2) is 0 Å². The number of anilines is 1. The summed E-state index contributed by atoms with van der Waals surface area (Å²) in [5.41, 5.74) is 7.43. The van der Waals surface area contributed by atoms with Gasteiger partial charge in [-0.3, -0.25) is 0 Å². The highest BCUT2D eigenvalue weighted by molar-refractivity contribution is 7.89. The molecule has 7 heteroatoms. The molecule has 1 aromatic carbocycles. The minimum atomic E-state index is -3.64. The first-order valence-electron chi connectivity index (χ1n) is 6.12. The van der Waals surface area contributed by atoms with Crippen LogP contribution >= 0.6 is 0 Å². The summed E-state index contributed by atoms with van der Waals surface area (Å²) >= 11 is 0. The van der Waals surface area contributed by atoms with Gasteiger partial charge in [0.25, 0.3) is 0 Å². The van der Waals surface area contributed by atoms with Gasteiger partial charge in [0.1, 0.15) is 5.76 Å². The summed E-state index contributed by atoms with van der Waals surface area (Å²) in [5.74, 6) is 0.602. The first-order chi connectivity index (χ1) is 9.31. The Morgan fingerprint density at radius 1 is 1.35 bits per heavy atom. The van der Waals surface area contributed by atoms with Crippen molar-refractivity contribution in [3.05, 3.63) is 41.3 Å². The van der Waals surface area contributed by atoms with E-state index in [1.54, 1.807) is 32.9 Å². The predicted octanol–water partition coefficient (Wildman–Crippen LogP) is 1.91. The average molecular weight is 295 g/mol. The zero-order valence-electron chi connectivity index (χ0n) is 11.5. The van der Waals surface area contributed by atoms with Gasteiger partial charge in [0.2, 0.25) is 10.0 Å². The van der Waals surface area contributed by atoms with Gasteiger partial charge in [-0.25, -0.2) is 13.1 Å². The first kappa shape index (κ1) is 14.5. The number of nitrogen functional groups attached to an aromatic ring is 1. The Bertz CT molecular complexity index is 703. The fourth-order valence-corrected chi connectivity index (χ4v) is 3.42. The number of hydrogen-bond acceptors (Lipinski definition) is 5. The van der Waals surface area contributed by atoms with E-state index in [1.807, 2.05) is 0 Å². The van der Waals surface area contributed by atoms with Crippen LogP contribution in [0.2, 0.25) is 0 Å². The van der Waals surface area contributed by atoms with Gasteiger partial charge < -0.3 is 10.3 Å². The molecule has 2 rings (SSSR count). The quantitative estimate of drug-likeness (QED) is 0.840. The second-order valence-corrected chi connectivity index (χ2v) is 6.37. The number of nitrogens with one attached hydrogen (secondary N) is 1. The molecule has 0 radical (unpaired) electrons. The maximum atomic E-state index is 12.3. The fraction of sp³-hybridized carbons (Fsp3) is 0.308. The van der Waals surface area contributed by atoms with Crippen LogP contribution in [0.4, 0.5) is 5.69 Å². The van der Waals surface area contributed by atoms with Crippen LogP contribution in [-0.2, 0) is 10.0 Å². The van der Waals surface area contributed by atoms with E-state index < -0.39 is 16.1 Å². The van der Waals surface area contributed by atoms with Gasteiger partial charge in [-0.2, -0.15) is 0 Å². The lowest BCUT2D eigenvalue weighted by Crippen LogP contribution is -2.27. The molecule has 0 spiro atoms. The van der Waals surface area contributed by atoms with Crippen LogP contribution in [0.1, 0.15) is 30.0 Å². The second kappa shape index (κ2) is 5.26. The normalized spacial score (nSPS) is 13.3. The predicted molar refractivity (Wildman–Crippen MR) is 75.6 cm³/mol. The van der Waals surface area contributed by atoms with Gasteiger partial charge in [-0.05, 0) is 39.0 Å². The highest BCUT2D eigenvalue weighted by Gasteiger charge is 2.23. The average Bonchev–Trinajstić information content (AvgIpc) is 2.68. The van der Waals surface area contributed by atoms with Crippen LogP contribution in [0, 0.1) is 13.8 Å². The smallest absolute Gasteiger partial charge is 0.241 e.